The van der Waals surface area contributed by atoms with Gasteiger partial charge in [-0.3, -0.25) is 0 Å². The zero-order valence-corrected chi connectivity index (χ0v) is 17.1. The standard InChI is InChI=1S/C26H34/c1-25(2)19-11-17-9-7-15(23(17)21(25)13-19)5-6-16-8-10-18-12-20-14-22(24(16)18)26(20,3)4/h7-8,19-22H,5-6,9-14H2,1-4H3. The Morgan fingerprint density at radius 1 is 0.731 bits per heavy atom. The molecule has 0 saturated heterocycles. The zero-order chi connectivity index (χ0) is 17.8. The SMILES string of the molecule is CC1(C)C2CC3=C(C(CCC4=CCC5=C4C4CC(C5)C4(C)C)=CC3)C1C2. The van der Waals surface area contributed by atoms with E-state index >= 15 is 0 Å². The first-order chi connectivity index (χ1) is 12.4. The molecule has 0 radical (unpaired) electrons. The van der Waals surface area contributed by atoms with Crippen molar-refractivity contribution in [2.24, 2.45) is 34.5 Å². The summed E-state index contributed by atoms with van der Waals surface area (Å²) in [6, 6.07) is 0. The Labute approximate surface area is 159 Å². The topological polar surface area (TPSA) is 0 Å². The maximum atomic E-state index is 2.61. The summed E-state index contributed by atoms with van der Waals surface area (Å²) in [5, 5.41) is 0. The van der Waals surface area contributed by atoms with Crippen molar-refractivity contribution >= 4 is 0 Å². The first kappa shape index (κ1) is 16.0. The van der Waals surface area contributed by atoms with Crippen molar-refractivity contribution in [3.8, 4) is 0 Å². The summed E-state index contributed by atoms with van der Waals surface area (Å²) in [4.78, 5) is 0. The van der Waals surface area contributed by atoms with Crippen LogP contribution in [0.15, 0.2) is 45.6 Å². The number of hydrogen-bond acceptors (Lipinski definition) is 0. The third-order valence-electron chi connectivity index (χ3n) is 9.93. The van der Waals surface area contributed by atoms with Crippen LogP contribution < -0.4 is 0 Å². The van der Waals surface area contributed by atoms with Crippen LogP contribution in [-0.2, 0) is 0 Å². The molecule has 4 bridgehead atoms. The summed E-state index contributed by atoms with van der Waals surface area (Å²) >= 11 is 0. The number of allylic oxidation sites excluding steroid dienone is 8. The summed E-state index contributed by atoms with van der Waals surface area (Å²) in [5.41, 5.74) is 11.9. The van der Waals surface area contributed by atoms with Crippen LogP contribution in [0.25, 0.3) is 0 Å². The van der Waals surface area contributed by atoms with Crippen LogP contribution in [0, 0.1) is 34.5 Å². The van der Waals surface area contributed by atoms with Gasteiger partial charge in [-0.15, -0.1) is 0 Å². The minimum atomic E-state index is 0.568. The average molecular weight is 347 g/mol. The molecule has 0 heteroatoms. The van der Waals surface area contributed by atoms with Crippen molar-refractivity contribution in [3.05, 3.63) is 45.6 Å². The highest BCUT2D eigenvalue weighted by molar-refractivity contribution is 5.52. The van der Waals surface area contributed by atoms with Crippen molar-refractivity contribution in [2.75, 3.05) is 0 Å². The van der Waals surface area contributed by atoms with E-state index < -0.39 is 0 Å². The second kappa shape index (κ2) is 4.86. The normalized spacial score (nSPS) is 40.5. The summed E-state index contributed by atoms with van der Waals surface area (Å²) in [6.07, 6.45) is 16.1. The summed E-state index contributed by atoms with van der Waals surface area (Å²) in [7, 11) is 0. The molecule has 0 aromatic heterocycles. The van der Waals surface area contributed by atoms with Crippen molar-refractivity contribution in [2.45, 2.75) is 79.1 Å². The monoisotopic (exact) mass is 346 g/mol. The fraction of sp³-hybridized carbons (Fsp3) is 0.692. The summed E-state index contributed by atoms with van der Waals surface area (Å²) in [5.74, 6) is 3.69. The van der Waals surface area contributed by atoms with E-state index in [0.717, 1.165) is 23.7 Å². The van der Waals surface area contributed by atoms with E-state index in [4.69, 9.17) is 0 Å². The van der Waals surface area contributed by atoms with Crippen LogP contribution in [0.1, 0.15) is 79.1 Å². The molecule has 0 nitrogen and oxygen atoms in total. The lowest BCUT2D eigenvalue weighted by atomic mass is 9.47. The molecule has 2 fully saturated rings. The van der Waals surface area contributed by atoms with Crippen LogP contribution in [-0.4, -0.2) is 0 Å². The van der Waals surface area contributed by atoms with Gasteiger partial charge in [0.15, 0.2) is 0 Å². The molecule has 0 aromatic rings. The van der Waals surface area contributed by atoms with Crippen molar-refractivity contribution in [3.63, 3.8) is 0 Å². The highest BCUT2D eigenvalue weighted by atomic mass is 14.6. The molecule has 0 spiro atoms. The van der Waals surface area contributed by atoms with Crippen molar-refractivity contribution in [1.82, 2.24) is 0 Å². The van der Waals surface area contributed by atoms with Gasteiger partial charge in [-0.1, -0.05) is 51.0 Å². The van der Waals surface area contributed by atoms with E-state index in [1.54, 1.807) is 11.1 Å². The fourth-order valence-corrected chi connectivity index (χ4v) is 7.76. The lowest BCUT2D eigenvalue weighted by Crippen LogP contribution is -2.49. The Balaban J connectivity index is 1.21. The second-order valence-corrected chi connectivity index (χ2v) is 11.4. The largest absolute Gasteiger partial charge is 0.0769 e. The van der Waals surface area contributed by atoms with Crippen LogP contribution in [0.2, 0.25) is 0 Å². The maximum absolute atomic E-state index is 2.61. The van der Waals surface area contributed by atoms with Gasteiger partial charge >= 0.3 is 0 Å². The van der Waals surface area contributed by atoms with Gasteiger partial charge in [0.1, 0.15) is 0 Å². The van der Waals surface area contributed by atoms with Crippen LogP contribution >= 0.6 is 0 Å². The van der Waals surface area contributed by atoms with E-state index in [0.29, 0.717) is 10.8 Å². The van der Waals surface area contributed by atoms with E-state index in [1.165, 1.54) is 51.4 Å². The lowest BCUT2D eigenvalue weighted by Gasteiger charge is -2.58. The molecule has 8 aliphatic rings. The van der Waals surface area contributed by atoms with Crippen LogP contribution in [0.3, 0.4) is 0 Å². The Bertz CT molecular complexity index is 752. The predicted molar refractivity (Wildman–Crippen MR) is 109 cm³/mol. The predicted octanol–water partition coefficient (Wildman–Crippen LogP) is 7.15. The molecule has 4 atom stereocenters. The van der Waals surface area contributed by atoms with Gasteiger partial charge in [0.2, 0.25) is 0 Å². The van der Waals surface area contributed by atoms with Gasteiger partial charge in [-0.05, 0) is 108 Å². The lowest BCUT2D eigenvalue weighted by molar-refractivity contribution is -0.00867. The van der Waals surface area contributed by atoms with Gasteiger partial charge in [0.25, 0.3) is 0 Å². The number of rotatable bonds is 3. The smallest absolute Gasteiger partial charge is 0.0103 e. The molecule has 8 aliphatic carbocycles. The van der Waals surface area contributed by atoms with E-state index in [-0.39, 0.29) is 0 Å². The van der Waals surface area contributed by atoms with E-state index in [1.807, 2.05) is 22.3 Å². The Morgan fingerprint density at radius 2 is 1.15 bits per heavy atom. The molecule has 138 valence electrons. The Hall–Kier alpha value is -1.04. The summed E-state index contributed by atoms with van der Waals surface area (Å²) < 4.78 is 0. The zero-order valence-electron chi connectivity index (χ0n) is 17.1. The van der Waals surface area contributed by atoms with Crippen LogP contribution in [0.5, 0.6) is 0 Å². The van der Waals surface area contributed by atoms with E-state index in [2.05, 4.69) is 39.8 Å². The van der Waals surface area contributed by atoms with E-state index in [9.17, 15) is 0 Å². The quantitative estimate of drug-likeness (QED) is 0.509. The Morgan fingerprint density at radius 3 is 1.54 bits per heavy atom. The molecular weight excluding hydrogens is 312 g/mol. The molecule has 0 aromatic carbocycles. The highest BCUT2D eigenvalue weighted by Crippen LogP contribution is 2.66. The second-order valence-electron chi connectivity index (χ2n) is 11.4. The molecule has 8 rings (SSSR count). The van der Waals surface area contributed by atoms with Gasteiger partial charge < -0.3 is 0 Å². The van der Waals surface area contributed by atoms with Crippen LogP contribution in [0.4, 0.5) is 0 Å². The first-order valence-electron chi connectivity index (χ1n) is 11.2. The van der Waals surface area contributed by atoms with Gasteiger partial charge in [0.05, 0.1) is 0 Å². The molecule has 0 N–H and O–H groups in total. The van der Waals surface area contributed by atoms with Crippen molar-refractivity contribution in [1.29, 1.82) is 0 Å². The molecular formula is C26H34. The van der Waals surface area contributed by atoms with Crippen molar-refractivity contribution < 1.29 is 0 Å². The van der Waals surface area contributed by atoms with Gasteiger partial charge in [-0.25, -0.2) is 0 Å². The van der Waals surface area contributed by atoms with Gasteiger partial charge in [-0.2, -0.15) is 0 Å². The molecule has 2 saturated carbocycles. The summed E-state index contributed by atoms with van der Waals surface area (Å²) in [6.45, 7) is 10.1. The minimum absolute atomic E-state index is 0.568. The third-order valence-corrected chi connectivity index (χ3v) is 9.93. The molecule has 0 heterocycles. The molecule has 4 unspecified atom stereocenters. The first-order valence-corrected chi connectivity index (χ1v) is 11.2. The fourth-order valence-electron chi connectivity index (χ4n) is 7.76. The highest BCUT2D eigenvalue weighted by Gasteiger charge is 2.55. The average Bonchev–Trinajstić information content (AvgIpc) is 3.23. The minimum Gasteiger partial charge on any atom is -0.0769 e. The number of hydrogen-bond donors (Lipinski definition) is 0. The maximum Gasteiger partial charge on any atom is -0.0103 e. The Kier molecular flexibility index (Phi) is 2.99. The molecule has 0 amide bonds. The third kappa shape index (κ3) is 1.82. The van der Waals surface area contributed by atoms with Gasteiger partial charge in [0, 0.05) is 0 Å². The molecule has 0 aliphatic heterocycles. The molecule has 26 heavy (non-hydrogen) atoms.